The van der Waals surface area contributed by atoms with Crippen LogP contribution in [0.15, 0.2) is 108 Å². The fraction of sp³-hybridized carbons (Fsp3) is 0.207. The summed E-state index contributed by atoms with van der Waals surface area (Å²) in [6, 6.07) is 27.1. The second-order valence-electron chi connectivity index (χ2n) is 7.63. The lowest BCUT2D eigenvalue weighted by atomic mass is 9.85. The Morgan fingerprint density at radius 2 is 1.19 bits per heavy atom. The molecule has 0 unspecified atom stereocenters. The summed E-state index contributed by atoms with van der Waals surface area (Å²) in [6.45, 7) is 4.04. The average Bonchev–Trinajstić information content (AvgIpc) is 3.03. The van der Waals surface area contributed by atoms with Crippen molar-refractivity contribution in [2.75, 3.05) is 14.2 Å². The highest BCUT2D eigenvalue weighted by atomic mass is 16.5. The number of rotatable bonds is 5. The number of benzene rings is 3. The molecule has 0 N–H and O–H groups in total. The van der Waals surface area contributed by atoms with Crippen LogP contribution in [0.25, 0.3) is 0 Å². The smallest absolute Gasteiger partial charge is 0.118 e. The van der Waals surface area contributed by atoms with Crippen LogP contribution >= 0.6 is 0 Å². The summed E-state index contributed by atoms with van der Waals surface area (Å²) in [5, 5.41) is 0. The van der Waals surface area contributed by atoms with E-state index in [0.29, 0.717) is 0 Å². The number of methoxy groups -OCH3 is 2. The molecule has 0 spiro atoms. The van der Waals surface area contributed by atoms with Crippen molar-refractivity contribution >= 4 is 5.71 Å². The summed E-state index contributed by atoms with van der Waals surface area (Å²) in [6.07, 6.45) is 7.31. The van der Waals surface area contributed by atoms with Gasteiger partial charge in [-0.2, -0.15) is 0 Å². The molecule has 3 aromatic rings. The zero-order valence-corrected chi connectivity index (χ0v) is 19.3. The molecule has 3 nitrogen and oxygen atoms in total. The molecular weight excluding hydrogens is 394 g/mol. The standard InChI is InChI=1S/C21H20O2.C8H11N/c1-22-19-12-8-17(9-13-19)21(16-6-4-3-5-7-16)18-10-14-20(23-2)15-11-18;1-7-5-3-4-6-8(2)9-7/h3-15,21H,1-2H3;3,5-6H,4H2,1-2H3. The van der Waals surface area contributed by atoms with E-state index in [9.17, 15) is 0 Å². The van der Waals surface area contributed by atoms with Crippen molar-refractivity contribution in [1.82, 2.24) is 0 Å². The van der Waals surface area contributed by atoms with Crippen LogP contribution in [0, 0.1) is 0 Å². The molecule has 3 heteroatoms. The second-order valence-corrected chi connectivity index (χ2v) is 7.63. The molecule has 1 aliphatic heterocycles. The van der Waals surface area contributed by atoms with Crippen molar-refractivity contribution in [1.29, 1.82) is 0 Å². The van der Waals surface area contributed by atoms with Gasteiger partial charge in [0.2, 0.25) is 0 Å². The van der Waals surface area contributed by atoms with Crippen LogP contribution in [0.4, 0.5) is 0 Å². The predicted octanol–water partition coefficient (Wildman–Crippen LogP) is 7.20. The summed E-state index contributed by atoms with van der Waals surface area (Å²) in [7, 11) is 3.38. The van der Waals surface area contributed by atoms with Crippen LogP contribution in [0.3, 0.4) is 0 Å². The van der Waals surface area contributed by atoms with E-state index in [0.717, 1.165) is 29.3 Å². The first-order valence-corrected chi connectivity index (χ1v) is 10.8. The van der Waals surface area contributed by atoms with Crippen molar-refractivity contribution in [3.8, 4) is 11.5 Å². The largest absolute Gasteiger partial charge is 0.497 e. The Hall–Kier alpha value is -3.59. The van der Waals surface area contributed by atoms with Crippen LogP contribution < -0.4 is 9.47 Å². The topological polar surface area (TPSA) is 30.8 Å². The second kappa shape index (κ2) is 11.7. The van der Waals surface area contributed by atoms with Crippen LogP contribution in [-0.2, 0) is 0 Å². The third-order valence-corrected chi connectivity index (χ3v) is 5.29. The van der Waals surface area contributed by atoms with Gasteiger partial charge in [-0.1, -0.05) is 66.7 Å². The molecule has 0 aliphatic carbocycles. The highest BCUT2D eigenvalue weighted by Gasteiger charge is 2.16. The van der Waals surface area contributed by atoms with E-state index >= 15 is 0 Å². The predicted molar refractivity (Wildman–Crippen MR) is 134 cm³/mol. The van der Waals surface area contributed by atoms with Gasteiger partial charge in [-0.05, 0) is 67.3 Å². The minimum atomic E-state index is 0.188. The van der Waals surface area contributed by atoms with Crippen LogP contribution in [0.5, 0.6) is 11.5 Å². The highest BCUT2D eigenvalue weighted by molar-refractivity contribution is 5.93. The van der Waals surface area contributed by atoms with E-state index in [1.54, 1.807) is 14.2 Å². The van der Waals surface area contributed by atoms with E-state index in [4.69, 9.17) is 9.47 Å². The zero-order valence-electron chi connectivity index (χ0n) is 19.3. The third-order valence-electron chi connectivity index (χ3n) is 5.29. The summed E-state index contributed by atoms with van der Waals surface area (Å²) < 4.78 is 10.5. The van der Waals surface area contributed by atoms with E-state index in [1.807, 2.05) is 50.3 Å². The fourth-order valence-electron chi connectivity index (χ4n) is 3.65. The van der Waals surface area contributed by atoms with Crippen molar-refractivity contribution < 1.29 is 9.47 Å². The lowest BCUT2D eigenvalue weighted by Crippen LogP contribution is -2.03. The molecule has 0 atom stereocenters. The van der Waals surface area contributed by atoms with Crippen molar-refractivity contribution in [2.45, 2.75) is 26.2 Å². The Bertz CT molecular complexity index is 1010. The fourth-order valence-corrected chi connectivity index (χ4v) is 3.65. The Morgan fingerprint density at radius 3 is 1.69 bits per heavy atom. The molecule has 3 aromatic carbocycles. The molecule has 0 saturated heterocycles. The lowest BCUT2D eigenvalue weighted by molar-refractivity contribution is 0.414. The lowest BCUT2D eigenvalue weighted by Gasteiger charge is -2.19. The van der Waals surface area contributed by atoms with E-state index < -0.39 is 0 Å². The first-order chi connectivity index (χ1) is 15.6. The Kier molecular flexibility index (Phi) is 8.44. The zero-order chi connectivity index (χ0) is 22.8. The average molecular weight is 426 g/mol. The van der Waals surface area contributed by atoms with Gasteiger partial charge in [0.05, 0.1) is 14.2 Å². The number of hydrogen-bond acceptors (Lipinski definition) is 3. The minimum absolute atomic E-state index is 0.188. The van der Waals surface area contributed by atoms with E-state index in [2.05, 4.69) is 65.7 Å². The van der Waals surface area contributed by atoms with Gasteiger partial charge in [0, 0.05) is 17.3 Å². The number of allylic oxidation sites excluding steroid dienone is 4. The SMILES string of the molecule is CC1=CCC=CC(C)=N1.COc1ccc(C(c2ccccc2)c2ccc(OC)cc2)cc1. The Labute approximate surface area is 191 Å². The van der Waals surface area contributed by atoms with Crippen molar-refractivity contribution in [3.05, 3.63) is 119 Å². The van der Waals surface area contributed by atoms with Gasteiger partial charge < -0.3 is 9.47 Å². The van der Waals surface area contributed by atoms with Crippen molar-refractivity contribution in [3.63, 3.8) is 0 Å². The number of aliphatic imine (C=N–C) groups is 1. The maximum atomic E-state index is 5.27. The summed E-state index contributed by atoms with van der Waals surface area (Å²) in [5.41, 5.74) is 5.96. The molecule has 0 fully saturated rings. The van der Waals surface area contributed by atoms with Gasteiger partial charge in [0.15, 0.2) is 0 Å². The molecule has 1 aliphatic rings. The van der Waals surface area contributed by atoms with Gasteiger partial charge in [0.1, 0.15) is 11.5 Å². The number of hydrogen-bond donors (Lipinski definition) is 0. The molecular formula is C29H31NO2. The van der Waals surface area contributed by atoms with Crippen molar-refractivity contribution in [2.24, 2.45) is 4.99 Å². The third kappa shape index (κ3) is 6.45. The minimum Gasteiger partial charge on any atom is -0.497 e. The molecule has 4 rings (SSSR count). The molecule has 0 radical (unpaired) electrons. The van der Waals surface area contributed by atoms with Crippen LogP contribution in [-0.4, -0.2) is 19.9 Å². The Balaban J connectivity index is 0.000000269. The molecule has 0 saturated carbocycles. The normalized spacial score (nSPS) is 12.8. The molecule has 1 heterocycles. The molecule has 164 valence electrons. The van der Waals surface area contributed by atoms with Crippen LogP contribution in [0.2, 0.25) is 0 Å². The first-order valence-electron chi connectivity index (χ1n) is 10.8. The Morgan fingerprint density at radius 1 is 0.688 bits per heavy atom. The summed E-state index contributed by atoms with van der Waals surface area (Å²) in [5.74, 6) is 1.93. The van der Waals surface area contributed by atoms with Gasteiger partial charge in [-0.25, -0.2) is 0 Å². The van der Waals surface area contributed by atoms with E-state index in [1.165, 1.54) is 16.7 Å². The molecule has 0 aromatic heterocycles. The molecule has 0 amide bonds. The van der Waals surface area contributed by atoms with Crippen LogP contribution in [0.1, 0.15) is 42.9 Å². The van der Waals surface area contributed by atoms with Gasteiger partial charge >= 0.3 is 0 Å². The maximum Gasteiger partial charge on any atom is 0.118 e. The number of nitrogens with zero attached hydrogens (tertiary/aromatic N) is 1. The maximum absolute atomic E-state index is 5.27. The monoisotopic (exact) mass is 425 g/mol. The first kappa shape index (κ1) is 23.1. The summed E-state index contributed by atoms with van der Waals surface area (Å²) >= 11 is 0. The van der Waals surface area contributed by atoms with E-state index in [-0.39, 0.29) is 5.92 Å². The van der Waals surface area contributed by atoms with Gasteiger partial charge in [-0.3, -0.25) is 4.99 Å². The molecule has 32 heavy (non-hydrogen) atoms. The summed E-state index contributed by atoms with van der Waals surface area (Å²) in [4.78, 5) is 4.27. The quantitative estimate of drug-likeness (QED) is 0.405. The molecule has 0 bridgehead atoms. The van der Waals surface area contributed by atoms with Gasteiger partial charge in [0.25, 0.3) is 0 Å². The van der Waals surface area contributed by atoms with Gasteiger partial charge in [-0.15, -0.1) is 0 Å². The highest BCUT2D eigenvalue weighted by Crippen LogP contribution is 2.33. The number of ether oxygens (including phenoxy) is 2.